The van der Waals surface area contributed by atoms with Crippen molar-refractivity contribution in [2.45, 2.75) is 31.2 Å². The minimum atomic E-state index is -4.77. The molecule has 37 heavy (non-hydrogen) atoms. The molecule has 202 valence electrons. The Bertz CT molecular complexity index is 1150. The lowest BCUT2D eigenvalue weighted by Crippen LogP contribution is -2.50. The number of ether oxygens (including phenoxy) is 1. The van der Waals surface area contributed by atoms with Crippen LogP contribution >= 0.6 is 0 Å². The van der Waals surface area contributed by atoms with Gasteiger partial charge in [-0.2, -0.15) is 26.3 Å². The zero-order valence-corrected chi connectivity index (χ0v) is 19.5. The van der Waals surface area contributed by atoms with Crippen LogP contribution in [-0.4, -0.2) is 77.7 Å². The summed E-state index contributed by atoms with van der Waals surface area (Å²) in [7, 11) is 0. The predicted octanol–water partition coefficient (Wildman–Crippen LogP) is 2.54. The molecule has 0 radical (unpaired) electrons. The average Bonchev–Trinajstić information content (AvgIpc) is 3.32. The van der Waals surface area contributed by atoms with Crippen molar-refractivity contribution in [2.75, 3.05) is 55.7 Å². The van der Waals surface area contributed by atoms with E-state index in [-0.39, 0.29) is 36.8 Å². The lowest BCUT2D eigenvalue weighted by molar-refractivity contribution is -0.139. The van der Waals surface area contributed by atoms with Crippen molar-refractivity contribution in [3.8, 4) is 0 Å². The Morgan fingerprint density at radius 3 is 2.32 bits per heavy atom. The maximum absolute atomic E-state index is 13.1. The zero-order chi connectivity index (χ0) is 26.8. The second kappa shape index (κ2) is 10.6. The molecule has 2 fully saturated rings. The van der Waals surface area contributed by atoms with Crippen LogP contribution in [0, 0.1) is 0 Å². The van der Waals surface area contributed by atoms with Gasteiger partial charge in [0, 0.05) is 51.3 Å². The van der Waals surface area contributed by atoms with E-state index in [2.05, 4.69) is 15.0 Å². The molecule has 1 amide bonds. The smallest absolute Gasteiger partial charge is 0.369 e. The molecule has 2 aromatic rings. The summed E-state index contributed by atoms with van der Waals surface area (Å²) in [5.74, 6) is -0.130. The van der Waals surface area contributed by atoms with Crippen LogP contribution in [0.25, 0.3) is 0 Å². The summed E-state index contributed by atoms with van der Waals surface area (Å²) in [6, 6.07) is 0.566. The number of amides is 1. The van der Waals surface area contributed by atoms with E-state index < -0.39 is 29.0 Å². The molecule has 4 heterocycles. The number of piperazine rings is 1. The molecule has 4 rings (SSSR count). The molecular weight excluding hydrogens is 510 g/mol. The number of carbonyl (C=O) groups excluding carboxylic acids is 1. The van der Waals surface area contributed by atoms with Crippen LogP contribution in [0.1, 0.15) is 24.0 Å². The van der Waals surface area contributed by atoms with Gasteiger partial charge in [0.25, 0.3) is 5.56 Å². The highest BCUT2D eigenvalue weighted by atomic mass is 19.4. The summed E-state index contributed by atoms with van der Waals surface area (Å²) in [4.78, 5) is 38.7. The summed E-state index contributed by atoms with van der Waals surface area (Å²) in [5.41, 5.74) is -3.19. The third-order valence-electron chi connectivity index (χ3n) is 6.32. The van der Waals surface area contributed by atoms with E-state index >= 15 is 0 Å². The van der Waals surface area contributed by atoms with Gasteiger partial charge in [-0.15, -0.1) is 0 Å². The van der Waals surface area contributed by atoms with Crippen LogP contribution in [0.3, 0.4) is 0 Å². The number of pyridine rings is 1. The highest BCUT2D eigenvalue weighted by Gasteiger charge is 2.36. The lowest BCUT2D eigenvalue weighted by atomic mass is 10.2. The number of hydrogen-bond donors (Lipinski definition) is 1. The Kier molecular flexibility index (Phi) is 7.62. The summed E-state index contributed by atoms with van der Waals surface area (Å²) in [6.07, 6.45) is -5.25. The molecule has 0 saturated carbocycles. The highest BCUT2D eigenvalue weighted by molar-refractivity contribution is 5.77. The zero-order valence-electron chi connectivity index (χ0n) is 19.5. The van der Waals surface area contributed by atoms with E-state index in [0.717, 1.165) is 24.9 Å². The fraction of sp³-hybridized carbons (Fsp3) is 0.545. The van der Waals surface area contributed by atoms with Gasteiger partial charge < -0.3 is 24.4 Å². The van der Waals surface area contributed by atoms with Crippen molar-refractivity contribution in [3.63, 3.8) is 0 Å². The Labute approximate surface area is 207 Å². The topological polar surface area (TPSA) is 94.7 Å². The van der Waals surface area contributed by atoms with Crippen molar-refractivity contribution in [3.05, 3.63) is 46.1 Å². The molecule has 1 N–H and O–H groups in total. The van der Waals surface area contributed by atoms with Crippen molar-refractivity contribution >= 4 is 17.5 Å². The van der Waals surface area contributed by atoms with E-state index in [1.54, 1.807) is 14.7 Å². The Hall–Kier alpha value is -3.36. The quantitative estimate of drug-likeness (QED) is 0.570. The van der Waals surface area contributed by atoms with E-state index in [1.807, 2.05) is 0 Å². The van der Waals surface area contributed by atoms with E-state index in [1.165, 1.54) is 6.20 Å². The van der Waals surface area contributed by atoms with Gasteiger partial charge in [0.1, 0.15) is 12.2 Å². The third kappa shape index (κ3) is 6.32. The average molecular weight is 534 g/mol. The van der Waals surface area contributed by atoms with Gasteiger partial charge in [0.05, 0.1) is 23.9 Å². The van der Waals surface area contributed by atoms with Crippen LogP contribution in [0.5, 0.6) is 0 Å². The third-order valence-corrected chi connectivity index (χ3v) is 6.32. The molecule has 0 aliphatic carbocycles. The number of aromatic amines is 1. The SMILES string of the molecule is O=C(COC[C@H]1CCCN1c1c[nH]c(=O)c(C(F)(F)F)c1)N1CCN(c2ncc(C(F)(F)F)cn2)CC1. The van der Waals surface area contributed by atoms with Gasteiger partial charge >= 0.3 is 12.4 Å². The van der Waals surface area contributed by atoms with Crippen LogP contribution in [0.2, 0.25) is 0 Å². The van der Waals surface area contributed by atoms with Crippen LogP contribution < -0.4 is 15.4 Å². The molecule has 0 spiro atoms. The molecule has 9 nitrogen and oxygen atoms in total. The lowest BCUT2D eigenvalue weighted by Gasteiger charge is -2.34. The van der Waals surface area contributed by atoms with E-state index in [4.69, 9.17) is 4.74 Å². The van der Waals surface area contributed by atoms with Gasteiger partial charge in [-0.1, -0.05) is 0 Å². The van der Waals surface area contributed by atoms with Gasteiger partial charge in [0.15, 0.2) is 0 Å². The molecule has 2 aliphatic rings. The van der Waals surface area contributed by atoms with Gasteiger partial charge in [0.2, 0.25) is 11.9 Å². The van der Waals surface area contributed by atoms with Crippen molar-refractivity contribution in [1.82, 2.24) is 19.9 Å². The van der Waals surface area contributed by atoms with Crippen molar-refractivity contribution in [1.29, 1.82) is 0 Å². The molecule has 2 saturated heterocycles. The minimum absolute atomic E-state index is 0.117. The number of alkyl halides is 6. The Balaban J connectivity index is 1.26. The second-order valence-electron chi connectivity index (χ2n) is 8.74. The molecule has 1 atom stereocenters. The van der Waals surface area contributed by atoms with Crippen molar-refractivity contribution in [2.24, 2.45) is 0 Å². The fourth-order valence-electron chi connectivity index (χ4n) is 4.36. The van der Waals surface area contributed by atoms with Gasteiger partial charge in [-0.25, -0.2) is 9.97 Å². The summed E-state index contributed by atoms with van der Waals surface area (Å²) >= 11 is 0. The number of H-pyrrole nitrogens is 1. The minimum Gasteiger partial charge on any atom is -0.369 e. The Morgan fingerprint density at radius 2 is 1.70 bits per heavy atom. The van der Waals surface area contributed by atoms with Crippen LogP contribution in [0.15, 0.2) is 29.5 Å². The number of halogens is 6. The molecule has 0 bridgehead atoms. The monoisotopic (exact) mass is 534 g/mol. The Morgan fingerprint density at radius 1 is 1.03 bits per heavy atom. The standard InChI is InChI=1S/C22H24F6N6O3/c23-21(24,25)14-9-30-20(31-10-14)33-6-4-32(5-7-33)18(35)13-37-12-15-2-1-3-34(15)16-8-17(22(26,27)28)19(36)29-11-16/h8-11,15H,1-7,12-13H2,(H,29,36)/t15-/m1/s1. The molecule has 15 heteroatoms. The van der Waals surface area contributed by atoms with E-state index in [0.29, 0.717) is 39.1 Å². The second-order valence-corrected chi connectivity index (χ2v) is 8.74. The maximum Gasteiger partial charge on any atom is 0.421 e. The number of carbonyl (C=O) groups is 1. The normalized spacial score (nSPS) is 19.0. The number of aromatic nitrogens is 3. The molecule has 2 aliphatic heterocycles. The van der Waals surface area contributed by atoms with Gasteiger partial charge in [-0.3, -0.25) is 9.59 Å². The number of hydrogen-bond acceptors (Lipinski definition) is 7. The molecule has 2 aromatic heterocycles. The van der Waals surface area contributed by atoms with Gasteiger partial charge in [-0.05, 0) is 18.9 Å². The van der Waals surface area contributed by atoms with Crippen LogP contribution in [0.4, 0.5) is 38.0 Å². The van der Waals surface area contributed by atoms with E-state index in [9.17, 15) is 35.9 Å². The first kappa shape index (κ1) is 26.7. The first-order valence-corrected chi connectivity index (χ1v) is 11.5. The summed E-state index contributed by atoms with van der Waals surface area (Å²) < 4.78 is 82.9. The molecule has 0 aromatic carbocycles. The number of rotatable bonds is 6. The first-order chi connectivity index (χ1) is 17.4. The molecular formula is C22H24F6N6O3. The summed E-state index contributed by atoms with van der Waals surface area (Å²) in [6.45, 7) is 1.66. The number of nitrogens with zero attached hydrogens (tertiary/aromatic N) is 5. The number of anilines is 2. The maximum atomic E-state index is 13.1. The first-order valence-electron chi connectivity index (χ1n) is 11.5. The van der Waals surface area contributed by atoms with Crippen molar-refractivity contribution < 1.29 is 35.9 Å². The number of nitrogens with one attached hydrogen (secondary N) is 1. The van der Waals surface area contributed by atoms with Crippen LogP contribution in [-0.2, 0) is 21.9 Å². The largest absolute Gasteiger partial charge is 0.421 e. The fourth-order valence-corrected chi connectivity index (χ4v) is 4.36. The molecule has 0 unspecified atom stereocenters. The summed E-state index contributed by atoms with van der Waals surface area (Å²) in [5, 5.41) is 0. The predicted molar refractivity (Wildman–Crippen MR) is 119 cm³/mol. The highest BCUT2D eigenvalue weighted by Crippen LogP contribution is 2.31.